The molecule has 0 aromatic heterocycles. The van der Waals surface area contributed by atoms with Crippen LogP contribution in [0.2, 0.25) is 0 Å². The molecule has 0 heterocycles. The maximum Gasteiger partial charge on any atom is 0.252 e. The molecule has 0 unspecified atom stereocenters. The number of phenols is 1. The third-order valence-electron chi connectivity index (χ3n) is 2.16. The van der Waals surface area contributed by atoms with Crippen molar-refractivity contribution in [3.05, 3.63) is 29.3 Å². The van der Waals surface area contributed by atoms with Crippen molar-refractivity contribution < 1.29 is 9.90 Å². The molecule has 4 nitrogen and oxygen atoms in total. The van der Waals surface area contributed by atoms with E-state index in [1.807, 2.05) is 6.07 Å². The van der Waals surface area contributed by atoms with E-state index in [0.717, 1.165) is 0 Å². The Labute approximate surface area is 94.5 Å². The second-order valence-corrected chi connectivity index (χ2v) is 4.19. The van der Waals surface area contributed by atoms with Gasteiger partial charge in [0.05, 0.1) is 6.07 Å². The zero-order valence-corrected chi connectivity index (χ0v) is 9.53. The smallest absolute Gasteiger partial charge is 0.252 e. The summed E-state index contributed by atoms with van der Waals surface area (Å²) in [6.07, 6.45) is 0. The van der Waals surface area contributed by atoms with Gasteiger partial charge in [0.15, 0.2) is 0 Å². The molecular formula is C12H14N2O2. The van der Waals surface area contributed by atoms with Gasteiger partial charge in [-0.2, -0.15) is 5.26 Å². The summed E-state index contributed by atoms with van der Waals surface area (Å²) in [5.74, 6) is -0.175. The number of amides is 1. The van der Waals surface area contributed by atoms with E-state index in [0.29, 0.717) is 11.1 Å². The molecule has 0 saturated carbocycles. The second-order valence-electron chi connectivity index (χ2n) is 4.19. The Kier molecular flexibility index (Phi) is 3.19. The van der Waals surface area contributed by atoms with Gasteiger partial charge in [-0.3, -0.25) is 4.79 Å². The summed E-state index contributed by atoms with van der Waals surface area (Å²) in [7, 11) is 0. The molecule has 0 aliphatic heterocycles. The Balaban J connectivity index is 2.91. The van der Waals surface area contributed by atoms with Crippen LogP contribution in [0.15, 0.2) is 18.2 Å². The summed E-state index contributed by atoms with van der Waals surface area (Å²) in [4.78, 5) is 11.7. The highest BCUT2D eigenvalue weighted by Gasteiger charge is 2.20. The monoisotopic (exact) mass is 218 g/mol. The van der Waals surface area contributed by atoms with Crippen LogP contribution in [0.25, 0.3) is 0 Å². The largest absolute Gasteiger partial charge is 0.508 e. The zero-order valence-electron chi connectivity index (χ0n) is 9.53. The number of aryl methyl sites for hydroxylation is 1. The highest BCUT2D eigenvalue weighted by atomic mass is 16.3. The van der Waals surface area contributed by atoms with Gasteiger partial charge >= 0.3 is 0 Å². The number of carbonyl (C=O) groups excluding carboxylic acids is 1. The van der Waals surface area contributed by atoms with Crippen LogP contribution in [0, 0.1) is 18.3 Å². The Morgan fingerprint density at radius 2 is 2.12 bits per heavy atom. The number of nitriles is 1. The Bertz CT molecular complexity index is 459. The first-order valence-electron chi connectivity index (χ1n) is 4.89. The first-order chi connectivity index (χ1) is 7.35. The highest BCUT2D eigenvalue weighted by molar-refractivity contribution is 5.95. The van der Waals surface area contributed by atoms with Gasteiger partial charge < -0.3 is 10.4 Å². The topological polar surface area (TPSA) is 73.1 Å². The first-order valence-corrected chi connectivity index (χ1v) is 4.89. The molecule has 1 aromatic carbocycles. The normalized spacial score (nSPS) is 10.6. The number of phenolic OH excluding ortho intramolecular Hbond substituents is 1. The van der Waals surface area contributed by atoms with E-state index in [9.17, 15) is 9.90 Å². The van der Waals surface area contributed by atoms with Crippen LogP contribution in [0.4, 0.5) is 0 Å². The molecule has 0 saturated heterocycles. The summed E-state index contributed by atoms with van der Waals surface area (Å²) in [5.41, 5.74) is 0.157. The molecule has 2 N–H and O–H groups in total. The Morgan fingerprint density at radius 1 is 1.50 bits per heavy atom. The van der Waals surface area contributed by atoms with Crippen LogP contribution in [0.3, 0.4) is 0 Å². The standard InChI is InChI=1S/C12H14N2O2/c1-8-6-9(4-5-10(8)15)11(16)14-12(2,3)7-13/h4-6,15H,1-3H3,(H,14,16). The number of nitrogens with zero attached hydrogens (tertiary/aromatic N) is 1. The van der Waals surface area contributed by atoms with Crippen molar-refractivity contribution in [3.8, 4) is 11.8 Å². The minimum absolute atomic E-state index is 0.149. The van der Waals surface area contributed by atoms with E-state index in [4.69, 9.17) is 5.26 Å². The van der Waals surface area contributed by atoms with Gasteiger partial charge in [0.1, 0.15) is 11.3 Å². The van der Waals surface area contributed by atoms with Crippen molar-refractivity contribution in [3.63, 3.8) is 0 Å². The van der Waals surface area contributed by atoms with Gasteiger partial charge in [-0.25, -0.2) is 0 Å². The molecule has 1 amide bonds. The van der Waals surface area contributed by atoms with E-state index in [1.165, 1.54) is 12.1 Å². The number of nitrogens with one attached hydrogen (secondary N) is 1. The van der Waals surface area contributed by atoms with Crippen molar-refractivity contribution in [2.24, 2.45) is 0 Å². The average Bonchev–Trinajstić information content (AvgIpc) is 2.21. The molecule has 0 bridgehead atoms. The lowest BCUT2D eigenvalue weighted by atomic mass is 10.1. The summed E-state index contributed by atoms with van der Waals surface area (Å²) < 4.78 is 0. The quantitative estimate of drug-likeness (QED) is 0.794. The van der Waals surface area contributed by atoms with Gasteiger partial charge in [-0.15, -0.1) is 0 Å². The van der Waals surface area contributed by atoms with Crippen LogP contribution in [0.5, 0.6) is 5.75 Å². The van der Waals surface area contributed by atoms with Crippen molar-refractivity contribution in [1.29, 1.82) is 5.26 Å². The molecule has 1 rings (SSSR count). The van der Waals surface area contributed by atoms with Gasteiger partial charge in [0.2, 0.25) is 0 Å². The molecular weight excluding hydrogens is 204 g/mol. The molecule has 0 spiro atoms. The lowest BCUT2D eigenvalue weighted by Crippen LogP contribution is -2.42. The zero-order chi connectivity index (χ0) is 12.3. The van der Waals surface area contributed by atoms with E-state index in [-0.39, 0.29) is 11.7 Å². The number of hydrogen-bond acceptors (Lipinski definition) is 3. The van der Waals surface area contributed by atoms with Crippen LogP contribution in [-0.2, 0) is 0 Å². The predicted molar refractivity (Wildman–Crippen MR) is 60.0 cm³/mol. The summed E-state index contributed by atoms with van der Waals surface area (Å²) in [6, 6.07) is 6.55. The van der Waals surface area contributed by atoms with Crippen LogP contribution < -0.4 is 5.32 Å². The number of benzene rings is 1. The summed E-state index contributed by atoms with van der Waals surface area (Å²) in [6.45, 7) is 4.96. The van der Waals surface area contributed by atoms with Crippen molar-refractivity contribution >= 4 is 5.91 Å². The summed E-state index contributed by atoms with van der Waals surface area (Å²) >= 11 is 0. The van der Waals surface area contributed by atoms with Crippen molar-refractivity contribution in [1.82, 2.24) is 5.32 Å². The first kappa shape index (κ1) is 12.1. The fourth-order valence-electron chi connectivity index (χ4n) is 1.18. The molecule has 4 heteroatoms. The fraction of sp³-hybridized carbons (Fsp3) is 0.333. The Hall–Kier alpha value is -2.02. The number of rotatable bonds is 2. The second kappa shape index (κ2) is 4.23. The molecule has 0 aliphatic carbocycles. The number of aromatic hydroxyl groups is 1. The van der Waals surface area contributed by atoms with Crippen LogP contribution in [0.1, 0.15) is 29.8 Å². The van der Waals surface area contributed by atoms with E-state index in [2.05, 4.69) is 5.32 Å². The molecule has 0 atom stereocenters. The molecule has 0 fully saturated rings. The maximum absolute atomic E-state index is 11.7. The number of hydrogen-bond donors (Lipinski definition) is 2. The summed E-state index contributed by atoms with van der Waals surface area (Å²) in [5, 5.41) is 20.7. The van der Waals surface area contributed by atoms with Gasteiger partial charge in [0, 0.05) is 5.56 Å². The van der Waals surface area contributed by atoms with E-state index in [1.54, 1.807) is 26.8 Å². The van der Waals surface area contributed by atoms with Crippen LogP contribution in [-0.4, -0.2) is 16.6 Å². The minimum Gasteiger partial charge on any atom is -0.508 e. The van der Waals surface area contributed by atoms with Crippen molar-refractivity contribution in [2.75, 3.05) is 0 Å². The Morgan fingerprint density at radius 3 is 2.62 bits per heavy atom. The van der Waals surface area contributed by atoms with Gasteiger partial charge in [0.25, 0.3) is 5.91 Å². The molecule has 16 heavy (non-hydrogen) atoms. The third-order valence-corrected chi connectivity index (χ3v) is 2.16. The van der Waals surface area contributed by atoms with Crippen LogP contribution >= 0.6 is 0 Å². The lowest BCUT2D eigenvalue weighted by Gasteiger charge is -2.17. The lowest BCUT2D eigenvalue weighted by molar-refractivity contribution is 0.0929. The molecule has 1 aromatic rings. The molecule has 0 radical (unpaired) electrons. The minimum atomic E-state index is -0.900. The predicted octanol–water partition coefficient (Wildman–Crippen LogP) is 1.73. The SMILES string of the molecule is Cc1cc(C(=O)NC(C)(C)C#N)ccc1O. The van der Waals surface area contributed by atoms with Gasteiger partial charge in [-0.1, -0.05) is 0 Å². The van der Waals surface area contributed by atoms with E-state index < -0.39 is 5.54 Å². The number of carbonyl (C=O) groups is 1. The maximum atomic E-state index is 11.7. The molecule has 84 valence electrons. The van der Waals surface area contributed by atoms with E-state index >= 15 is 0 Å². The molecule has 0 aliphatic rings. The third kappa shape index (κ3) is 2.74. The van der Waals surface area contributed by atoms with Gasteiger partial charge in [-0.05, 0) is 44.5 Å². The average molecular weight is 218 g/mol. The highest BCUT2D eigenvalue weighted by Crippen LogP contribution is 2.17. The fourth-order valence-corrected chi connectivity index (χ4v) is 1.18. The van der Waals surface area contributed by atoms with Crippen molar-refractivity contribution in [2.45, 2.75) is 26.3 Å².